The van der Waals surface area contributed by atoms with Gasteiger partial charge in [0.15, 0.2) is 0 Å². The third-order valence-electron chi connectivity index (χ3n) is 5.04. The number of nitrogens with zero attached hydrogens (tertiary/aromatic N) is 1. The number of unbranched alkanes of at least 4 members (excludes halogenated alkanes) is 15. The van der Waals surface area contributed by atoms with Crippen LogP contribution in [0.1, 0.15) is 116 Å². The Morgan fingerprint density at radius 3 is 1.28 bits per heavy atom. The van der Waals surface area contributed by atoms with Crippen molar-refractivity contribution in [3.05, 3.63) is 12.2 Å². The van der Waals surface area contributed by atoms with Crippen LogP contribution in [0.3, 0.4) is 0 Å². The number of carbonyl (C=O) groups is 1. The second kappa shape index (κ2) is 18.0. The van der Waals surface area contributed by atoms with E-state index in [1.165, 1.54) is 96.3 Å². The van der Waals surface area contributed by atoms with E-state index in [4.69, 9.17) is 0 Å². The van der Waals surface area contributed by atoms with Gasteiger partial charge in [0.05, 0.1) is 0 Å². The molecule has 0 heterocycles. The largest absolute Gasteiger partial charge is 0.345 e. The molecule has 0 radical (unpaired) electrons. The molecule has 0 saturated carbocycles. The molecule has 0 saturated heterocycles. The van der Waals surface area contributed by atoms with Crippen LogP contribution in [-0.4, -0.2) is 24.9 Å². The van der Waals surface area contributed by atoms with Crippen LogP contribution in [0.25, 0.3) is 0 Å². The summed E-state index contributed by atoms with van der Waals surface area (Å²) in [5, 5.41) is 0. The van der Waals surface area contributed by atoms with Crippen molar-refractivity contribution >= 4 is 5.91 Å². The van der Waals surface area contributed by atoms with Crippen LogP contribution in [0, 0.1) is 0 Å². The summed E-state index contributed by atoms with van der Waals surface area (Å²) >= 11 is 0. The van der Waals surface area contributed by atoms with Gasteiger partial charge in [0, 0.05) is 19.7 Å². The van der Waals surface area contributed by atoms with E-state index < -0.39 is 0 Å². The maximum atomic E-state index is 11.7. The van der Waals surface area contributed by atoms with Gasteiger partial charge in [0.2, 0.25) is 5.91 Å². The monoisotopic (exact) mass is 351 g/mol. The molecule has 0 bridgehead atoms. The Morgan fingerprint density at radius 1 is 0.640 bits per heavy atom. The van der Waals surface area contributed by atoms with E-state index in [-0.39, 0.29) is 5.91 Å². The van der Waals surface area contributed by atoms with Gasteiger partial charge < -0.3 is 4.90 Å². The van der Waals surface area contributed by atoms with Crippen LogP contribution in [0.2, 0.25) is 0 Å². The average Bonchev–Trinajstić information content (AvgIpc) is 2.60. The maximum Gasteiger partial charge on any atom is 0.248 e. The third kappa shape index (κ3) is 16.4. The molecule has 2 nitrogen and oxygen atoms in total. The van der Waals surface area contributed by atoms with Gasteiger partial charge in [0.1, 0.15) is 0 Å². The first-order valence-electron chi connectivity index (χ1n) is 11.0. The van der Waals surface area contributed by atoms with Gasteiger partial charge in [-0.25, -0.2) is 0 Å². The molecule has 0 N–H and O–H groups in total. The van der Waals surface area contributed by atoms with Crippen molar-refractivity contribution in [2.75, 3.05) is 14.1 Å². The molecule has 0 aliphatic rings. The second-order valence-corrected chi connectivity index (χ2v) is 7.86. The van der Waals surface area contributed by atoms with Crippen LogP contribution in [0.15, 0.2) is 12.2 Å². The molecule has 0 aromatic carbocycles. The topological polar surface area (TPSA) is 20.3 Å². The molecule has 1 amide bonds. The molecule has 0 unspecified atom stereocenters. The lowest BCUT2D eigenvalue weighted by Gasteiger charge is -2.12. The summed E-state index contributed by atoms with van der Waals surface area (Å²) in [6.45, 7) is 6.18. The van der Waals surface area contributed by atoms with Gasteiger partial charge in [-0.15, -0.1) is 0 Å². The van der Waals surface area contributed by atoms with Gasteiger partial charge in [-0.3, -0.25) is 4.79 Å². The highest BCUT2D eigenvalue weighted by atomic mass is 16.2. The minimum absolute atomic E-state index is 0.0842. The maximum absolute atomic E-state index is 11.7. The molecule has 2 heteroatoms. The minimum atomic E-state index is 0.0842. The quantitative estimate of drug-likeness (QED) is 0.188. The van der Waals surface area contributed by atoms with Crippen LogP contribution in [-0.2, 0) is 4.79 Å². The normalized spacial score (nSPS) is 10.8. The summed E-state index contributed by atoms with van der Waals surface area (Å²) in [7, 11) is 3.59. The first-order chi connectivity index (χ1) is 12.1. The Balaban J connectivity index is 3.17. The van der Waals surface area contributed by atoms with E-state index in [9.17, 15) is 4.79 Å². The molecular weight excluding hydrogens is 306 g/mol. The number of amides is 1. The lowest BCUT2D eigenvalue weighted by Crippen LogP contribution is -2.22. The van der Waals surface area contributed by atoms with E-state index >= 15 is 0 Å². The summed E-state index contributed by atoms with van der Waals surface area (Å²) in [5.74, 6) is 0.0842. The molecule has 0 aromatic rings. The molecule has 0 aromatic heterocycles. The summed E-state index contributed by atoms with van der Waals surface area (Å²) < 4.78 is 0. The third-order valence-corrected chi connectivity index (χ3v) is 5.04. The van der Waals surface area contributed by atoms with Crippen molar-refractivity contribution in [2.45, 2.75) is 116 Å². The lowest BCUT2D eigenvalue weighted by atomic mass is 10.0. The molecule has 0 atom stereocenters. The van der Waals surface area contributed by atoms with Crippen LogP contribution in [0.5, 0.6) is 0 Å². The van der Waals surface area contributed by atoms with E-state index in [2.05, 4.69) is 13.5 Å². The lowest BCUT2D eigenvalue weighted by molar-refractivity contribution is -0.124. The Hall–Kier alpha value is -0.790. The number of likely N-dealkylation sites (N-methyl/N-ethyl adjacent to an activating group) is 1. The summed E-state index contributed by atoms with van der Waals surface area (Å²) in [5.41, 5.74) is 0.760. The van der Waals surface area contributed by atoms with E-state index in [1.54, 1.807) is 19.0 Å². The summed E-state index contributed by atoms with van der Waals surface area (Å²) in [6.07, 6.45) is 22.9. The van der Waals surface area contributed by atoms with Crippen LogP contribution >= 0.6 is 0 Å². The summed E-state index contributed by atoms with van der Waals surface area (Å²) in [4.78, 5) is 13.3. The van der Waals surface area contributed by atoms with Crippen molar-refractivity contribution in [2.24, 2.45) is 0 Å². The van der Waals surface area contributed by atoms with Crippen molar-refractivity contribution < 1.29 is 4.79 Å². The van der Waals surface area contributed by atoms with E-state index in [1.807, 2.05) is 0 Å². The van der Waals surface area contributed by atoms with E-state index in [0.29, 0.717) is 0 Å². The highest BCUT2D eigenvalue weighted by Gasteiger charge is 2.07. The molecule has 0 aliphatic heterocycles. The highest BCUT2D eigenvalue weighted by molar-refractivity contribution is 5.92. The SMILES string of the molecule is C=C(CCCCCCCCCCCCCCCCCC)C(=O)N(C)C. The number of carbonyl (C=O) groups excluding carboxylic acids is 1. The fourth-order valence-corrected chi connectivity index (χ4v) is 3.31. The molecule has 25 heavy (non-hydrogen) atoms. The van der Waals surface area contributed by atoms with Crippen molar-refractivity contribution in [3.63, 3.8) is 0 Å². The van der Waals surface area contributed by atoms with Gasteiger partial charge in [-0.05, 0) is 12.8 Å². The predicted octanol–water partition coefficient (Wildman–Crippen LogP) is 7.28. The molecule has 0 spiro atoms. The highest BCUT2D eigenvalue weighted by Crippen LogP contribution is 2.15. The number of hydrogen-bond donors (Lipinski definition) is 0. The fraction of sp³-hybridized carbons (Fsp3) is 0.870. The van der Waals surface area contributed by atoms with Crippen LogP contribution in [0.4, 0.5) is 0 Å². The molecule has 0 aliphatic carbocycles. The van der Waals surface area contributed by atoms with Crippen molar-refractivity contribution in [3.8, 4) is 0 Å². The Labute approximate surface area is 158 Å². The molecule has 148 valence electrons. The average molecular weight is 352 g/mol. The molecule has 0 rings (SSSR count). The zero-order valence-corrected chi connectivity index (χ0v) is 17.6. The number of hydrogen-bond acceptors (Lipinski definition) is 1. The second-order valence-electron chi connectivity index (χ2n) is 7.86. The summed E-state index contributed by atoms with van der Waals surface area (Å²) in [6, 6.07) is 0. The standard InChI is InChI=1S/C23H45NO/c1-5-6-7-8-9-10-11-12-13-14-15-16-17-18-19-20-21-22(2)23(25)24(3)4/h2,5-21H2,1,3-4H3. The van der Waals surface area contributed by atoms with Crippen LogP contribution < -0.4 is 0 Å². The Kier molecular flexibility index (Phi) is 17.4. The number of rotatable bonds is 18. The van der Waals surface area contributed by atoms with Gasteiger partial charge in [-0.2, -0.15) is 0 Å². The van der Waals surface area contributed by atoms with Gasteiger partial charge in [0.25, 0.3) is 0 Å². The van der Waals surface area contributed by atoms with E-state index in [0.717, 1.165) is 18.4 Å². The molecule has 0 fully saturated rings. The smallest absolute Gasteiger partial charge is 0.248 e. The van der Waals surface area contributed by atoms with Crippen molar-refractivity contribution in [1.82, 2.24) is 4.90 Å². The zero-order valence-electron chi connectivity index (χ0n) is 17.6. The Bertz CT molecular complexity index is 322. The molecular formula is C23H45NO. The van der Waals surface area contributed by atoms with Crippen molar-refractivity contribution in [1.29, 1.82) is 0 Å². The Morgan fingerprint density at radius 2 is 0.960 bits per heavy atom. The minimum Gasteiger partial charge on any atom is -0.345 e. The fourth-order valence-electron chi connectivity index (χ4n) is 3.31. The zero-order chi connectivity index (χ0) is 18.8. The first-order valence-corrected chi connectivity index (χ1v) is 11.0. The van der Waals surface area contributed by atoms with Gasteiger partial charge >= 0.3 is 0 Å². The first kappa shape index (κ1) is 24.2. The predicted molar refractivity (Wildman–Crippen MR) is 112 cm³/mol. The van der Waals surface area contributed by atoms with Gasteiger partial charge in [-0.1, -0.05) is 110 Å².